The maximum absolute atomic E-state index is 11.5. The number of imidazole rings is 1. The van der Waals surface area contributed by atoms with Gasteiger partial charge >= 0.3 is 0 Å². The number of aromatic nitrogens is 2. The van der Waals surface area contributed by atoms with E-state index in [1.165, 1.54) is 6.92 Å². The van der Waals surface area contributed by atoms with Crippen molar-refractivity contribution in [2.45, 2.75) is 32.5 Å². The van der Waals surface area contributed by atoms with Crippen LogP contribution in [-0.4, -0.2) is 33.3 Å². The third-order valence-electron chi connectivity index (χ3n) is 5.05. The predicted octanol–water partition coefficient (Wildman–Crippen LogP) is 3.83. The summed E-state index contributed by atoms with van der Waals surface area (Å²) in [6.07, 6.45) is -0.739. The molecule has 6 heteroatoms. The number of aliphatic hydroxyl groups excluding tert-OH is 1. The van der Waals surface area contributed by atoms with E-state index in [9.17, 15) is 9.90 Å². The number of fused-ring (bicyclic) bond motifs is 2. The van der Waals surface area contributed by atoms with E-state index in [0.717, 1.165) is 27.6 Å². The van der Waals surface area contributed by atoms with Crippen molar-refractivity contribution in [3.05, 3.63) is 72.6 Å². The summed E-state index contributed by atoms with van der Waals surface area (Å²) in [5.41, 5.74) is 1.74. The zero-order chi connectivity index (χ0) is 21.1. The highest BCUT2D eigenvalue weighted by Gasteiger charge is 2.19. The molecule has 6 nitrogen and oxygen atoms in total. The number of nitrogens with zero attached hydrogens (tertiary/aromatic N) is 2. The monoisotopic (exact) mass is 403 g/mol. The number of carbonyl (C=O) groups excluding carboxylic acids is 1. The Morgan fingerprint density at radius 2 is 1.83 bits per heavy atom. The summed E-state index contributed by atoms with van der Waals surface area (Å²) < 4.78 is 7.80. The van der Waals surface area contributed by atoms with Crippen LogP contribution in [0.5, 0.6) is 5.75 Å². The maximum Gasteiger partial charge on any atom is 0.217 e. The molecule has 1 amide bonds. The van der Waals surface area contributed by atoms with E-state index in [-0.39, 0.29) is 18.6 Å². The Bertz CT molecular complexity index is 1180. The lowest BCUT2D eigenvalue weighted by Crippen LogP contribution is -2.29. The molecule has 0 saturated heterocycles. The second kappa shape index (κ2) is 8.55. The molecular formula is C24H25N3O3. The second-order valence-electron chi connectivity index (χ2n) is 7.47. The van der Waals surface area contributed by atoms with Crippen molar-refractivity contribution in [1.82, 2.24) is 14.9 Å². The Morgan fingerprint density at radius 3 is 2.63 bits per heavy atom. The average Bonchev–Trinajstić information content (AvgIpc) is 3.10. The molecule has 0 bridgehead atoms. The van der Waals surface area contributed by atoms with Crippen molar-refractivity contribution in [3.63, 3.8) is 0 Å². The minimum absolute atomic E-state index is 0.124. The molecule has 0 unspecified atom stereocenters. The number of hydrogen-bond donors (Lipinski definition) is 2. The molecule has 0 radical (unpaired) electrons. The Hall–Kier alpha value is -3.38. The molecular weight excluding hydrogens is 378 g/mol. The van der Waals surface area contributed by atoms with Crippen LogP contribution in [0, 0.1) is 0 Å². The summed E-state index contributed by atoms with van der Waals surface area (Å²) in [6.45, 7) is 3.83. The van der Waals surface area contributed by atoms with E-state index in [4.69, 9.17) is 4.74 Å². The first-order valence-electron chi connectivity index (χ1n) is 10.0. The van der Waals surface area contributed by atoms with Gasteiger partial charge in [0.05, 0.1) is 23.6 Å². The standard InChI is InChI=1S/C24H25N3O3/c1-16(25-17(2)28)24-26-22-9-5-6-10-23(22)27(24)14-20(29)15-30-21-12-11-18-7-3-4-8-19(18)13-21/h3-13,16,20,29H,14-15H2,1-2H3,(H,25,28)/t16-,20+/m0/s1. The van der Waals surface area contributed by atoms with Crippen LogP contribution in [0.2, 0.25) is 0 Å². The fraction of sp³-hybridized carbons (Fsp3) is 0.250. The molecule has 154 valence electrons. The molecule has 2 atom stereocenters. The lowest BCUT2D eigenvalue weighted by atomic mass is 10.1. The van der Waals surface area contributed by atoms with Crippen LogP contribution < -0.4 is 10.1 Å². The van der Waals surface area contributed by atoms with Crippen molar-refractivity contribution in [2.75, 3.05) is 6.61 Å². The van der Waals surface area contributed by atoms with E-state index in [0.29, 0.717) is 12.4 Å². The number of carbonyl (C=O) groups is 1. The molecule has 4 rings (SSSR count). The minimum Gasteiger partial charge on any atom is -0.491 e. The highest BCUT2D eigenvalue weighted by atomic mass is 16.5. The van der Waals surface area contributed by atoms with Gasteiger partial charge in [-0.2, -0.15) is 0 Å². The van der Waals surface area contributed by atoms with Gasteiger partial charge in [-0.3, -0.25) is 4.79 Å². The van der Waals surface area contributed by atoms with Gasteiger partial charge < -0.3 is 19.7 Å². The molecule has 4 aromatic rings. The first-order chi connectivity index (χ1) is 14.5. The summed E-state index contributed by atoms with van der Waals surface area (Å²) in [5, 5.41) is 15.8. The van der Waals surface area contributed by atoms with Gasteiger partial charge in [0.25, 0.3) is 0 Å². The second-order valence-corrected chi connectivity index (χ2v) is 7.47. The molecule has 3 aromatic carbocycles. The lowest BCUT2D eigenvalue weighted by Gasteiger charge is -2.19. The highest BCUT2D eigenvalue weighted by molar-refractivity contribution is 5.83. The van der Waals surface area contributed by atoms with Crippen molar-refractivity contribution in [1.29, 1.82) is 0 Å². The van der Waals surface area contributed by atoms with Crippen LogP contribution >= 0.6 is 0 Å². The molecule has 0 fully saturated rings. The Balaban J connectivity index is 1.51. The van der Waals surface area contributed by atoms with Gasteiger partial charge in [-0.05, 0) is 42.0 Å². The molecule has 2 N–H and O–H groups in total. The molecule has 1 aromatic heterocycles. The summed E-state index contributed by atoms with van der Waals surface area (Å²) >= 11 is 0. The summed E-state index contributed by atoms with van der Waals surface area (Å²) in [6, 6.07) is 21.4. The predicted molar refractivity (Wildman–Crippen MR) is 117 cm³/mol. The number of amides is 1. The summed E-state index contributed by atoms with van der Waals surface area (Å²) in [4.78, 5) is 16.2. The number of hydrogen-bond acceptors (Lipinski definition) is 4. The zero-order valence-corrected chi connectivity index (χ0v) is 17.1. The third-order valence-corrected chi connectivity index (χ3v) is 5.05. The van der Waals surface area contributed by atoms with Crippen LogP contribution in [-0.2, 0) is 11.3 Å². The van der Waals surface area contributed by atoms with Crippen LogP contribution in [0.15, 0.2) is 66.7 Å². The van der Waals surface area contributed by atoms with E-state index in [2.05, 4.69) is 16.4 Å². The molecule has 0 aliphatic carbocycles. The third kappa shape index (κ3) is 4.28. The molecule has 0 aliphatic rings. The largest absolute Gasteiger partial charge is 0.491 e. The lowest BCUT2D eigenvalue weighted by molar-refractivity contribution is -0.119. The normalized spacial score (nSPS) is 13.3. The fourth-order valence-corrected chi connectivity index (χ4v) is 3.70. The van der Waals surface area contributed by atoms with Crippen LogP contribution in [0.1, 0.15) is 25.7 Å². The quantitative estimate of drug-likeness (QED) is 0.492. The molecule has 0 saturated carbocycles. The van der Waals surface area contributed by atoms with Gasteiger partial charge in [0.1, 0.15) is 24.3 Å². The van der Waals surface area contributed by atoms with Gasteiger partial charge in [-0.15, -0.1) is 0 Å². The van der Waals surface area contributed by atoms with Gasteiger partial charge in [-0.1, -0.05) is 42.5 Å². The number of aliphatic hydroxyl groups is 1. The van der Waals surface area contributed by atoms with Gasteiger partial charge in [0, 0.05) is 6.92 Å². The summed E-state index contributed by atoms with van der Waals surface area (Å²) in [5.74, 6) is 1.30. The van der Waals surface area contributed by atoms with Gasteiger partial charge in [0.2, 0.25) is 5.91 Å². The Morgan fingerprint density at radius 1 is 1.10 bits per heavy atom. The first kappa shape index (κ1) is 19.9. The van der Waals surface area contributed by atoms with Crippen LogP contribution in [0.4, 0.5) is 0 Å². The van der Waals surface area contributed by atoms with Gasteiger partial charge in [0.15, 0.2) is 0 Å². The first-order valence-corrected chi connectivity index (χ1v) is 10.0. The molecule has 30 heavy (non-hydrogen) atoms. The van der Waals surface area contributed by atoms with Crippen LogP contribution in [0.3, 0.4) is 0 Å². The van der Waals surface area contributed by atoms with E-state index in [1.807, 2.05) is 72.2 Å². The highest BCUT2D eigenvalue weighted by Crippen LogP contribution is 2.23. The van der Waals surface area contributed by atoms with Crippen molar-refractivity contribution < 1.29 is 14.6 Å². The van der Waals surface area contributed by atoms with Gasteiger partial charge in [-0.25, -0.2) is 4.98 Å². The van der Waals surface area contributed by atoms with Crippen molar-refractivity contribution >= 4 is 27.7 Å². The average molecular weight is 403 g/mol. The molecule has 0 aliphatic heterocycles. The SMILES string of the molecule is CC(=O)N[C@@H](C)c1nc2ccccc2n1C[C@@H](O)COc1ccc2ccccc2c1. The number of nitrogens with one attached hydrogen (secondary N) is 1. The smallest absolute Gasteiger partial charge is 0.217 e. The van der Waals surface area contributed by atoms with Crippen molar-refractivity contribution in [2.24, 2.45) is 0 Å². The number of para-hydroxylation sites is 2. The van der Waals surface area contributed by atoms with E-state index < -0.39 is 6.10 Å². The van der Waals surface area contributed by atoms with E-state index in [1.54, 1.807) is 0 Å². The van der Waals surface area contributed by atoms with Crippen molar-refractivity contribution in [3.8, 4) is 5.75 Å². The fourth-order valence-electron chi connectivity index (χ4n) is 3.70. The topological polar surface area (TPSA) is 76.4 Å². The Kier molecular flexibility index (Phi) is 5.68. The minimum atomic E-state index is -0.739. The van der Waals surface area contributed by atoms with E-state index >= 15 is 0 Å². The number of benzene rings is 3. The molecule has 1 heterocycles. The number of ether oxygens (including phenoxy) is 1. The maximum atomic E-state index is 11.5. The summed E-state index contributed by atoms with van der Waals surface area (Å²) in [7, 11) is 0. The molecule has 0 spiro atoms. The zero-order valence-electron chi connectivity index (χ0n) is 17.1. The number of rotatable bonds is 7. The van der Waals surface area contributed by atoms with Crippen LogP contribution in [0.25, 0.3) is 21.8 Å². The Labute approximate surface area is 175 Å².